The van der Waals surface area contributed by atoms with Crippen LogP contribution in [0.25, 0.3) is 55.0 Å². The van der Waals surface area contributed by atoms with Gasteiger partial charge in [-0.1, -0.05) is 151 Å². The molecule has 0 spiro atoms. The summed E-state index contributed by atoms with van der Waals surface area (Å²) in [6.45, 7) is 27.4. The van der Waals surface area contributed by atoms with Gasteiger partial charge in [-0.25, -0.2) is 0 Å². The third-order valence-corrected chi connectivity index (χ3v) is 13.8. The van der Waals surface area contributed by atoms with Crippen LogP contribution in [0.15, 0.2) is 214 Å². The number of carbonyl (C=O) groups excluding carboxylic acids is 2. The molecule has 2 amide bonds. The summed E-state index contributed by atoms with van der Waals surface area (Å²) >= 11 is 0. The molecule has 424 valence electrons. The van der Waals surface area contributed by atoms with Crippen LogP contribution in [0.1, 0.15) is 119 Å². The summed E-state index contributed by atoms with van der Waals surface area (Å²) in [5, 5.41) is 3.57. The Hall–Kier alpha value is -9.02. The Bertz CT molecular complexity index is 3960. The van der Waals surface area contributed by atoms with E-state index < -0.39 is 0 Å². The van der Waals surface area contributed by atoms with Crippen LogP contribution in [0.3, 0.4) is 0 Å². The van der Waals surface area contributed by atoms with Crippen molar-refractivity contribution in [3.05, 3.63) is 248 Å². The van der Waals surface area contributed by atoms with Crippen LogP contribution in [-0.2, 0) is 22.4 Å². The second-order valence-electron chi connectivity index (χ2n) is 19.1. The number of hydrogen-bond donors (Lipinski definition) is 0. The standard InChI is InChI=1S/2C32H29N3O2.4C2H6/c1-21(2)22(3)32(37)34(4)28-12-8-9-13-29(28)35-30(36)17-15-25-20-33-27-16-14-24(19-26(27)31(25)35)18-23-10-6-5-7-11-23;1-21(2)22(3)32(37)34(4)26-12-14-27(15-13-26)35-30(36)17-11-25-20-33-29-16-10-24(19-28(29)31(25)35)18-23-8-6-5-7-9-23;4*1-2/h2*5-17,19-20H,18H2,1-4H3;4*1-2H3. The zero-order chi connectivity index (χ0) is 60.2. The first kappa shape index (κ1) is 63.8. The van der Waals surface area contributed by atoms with Gasteiger partial charge in [0.1, 0.15) is 0 Å². The number of pyridine rings is 4. The first-order valence-corrected chi connectivity index (χ1v) is 28.7. The molecule has 10 nitrogen and oxygen atoms in total. The second-order valence-corrected chi connectivity index (χ2v) is 19.1. The van der Waals surface area contributed by atoms with Gasteiger partial charge in [0.2, 0.25) is 0 Å². The molecular weight excluding hydrogens is 1010 g/mol. The fraction of sp³-hybridized carbons (Fsp3) is 0.250. The number of amides is 2. The van der Waals surface area contributed by atoms with Crippen molar-refractivity contribution < 1.29 is 9.59 Å². The van der Waals surface area contributed by atoms with E-state index in [2.05, 4.69) is 58.5 Å². The third-order valence-electron chi connectivity index (χ3n) is 13.8. The normalized spacial score (nSPS) is 10.2. The maximum Gasteiger partial charge on any atom is 0.255 e. The first-order chi connectivity index (χ1) is 39.7. The number of likely N-dealkylation sites (N-methyl/N-ethyl adjacent to an activating group) is 2. The molecule has 0 N–H and O–H groups in total. The monoisotopic (exact) mass is 1090 g/mol. The Morgan fingerprint density at radius 1 is 0.427 bits per heavy atom. The van der Waals surface area contributed by atoms with Gasteiger partial charge in [-0.05, 0) is 149 Å². The van der Waals surface area contributed by atoms with E-state index in [-0.39, 0.29) is 22.9 Å². The lowest BCUT2D eigenvalue weighted by molar-refractivity contribution is -0.115. The van der Waals surface area contributed by atoms with Gasteiger partial charge in [0.15, 0.2) is 0 Å². The molecule has 0 bridgehead atoms. The van der Waals surface area contributed by atoms with E-state index in [1.54, 1.807) is 51.4 Å². The number of hydrogen-bond acceptors (Lipinski definition) is 6. The van der Waals surface area contributed by atoms with E-state index in [0.717, 1.165) is 95.7 Å². The van der Waals surface area contributed by atoms with Gasteiger partial charge in [-0.15, -0.1) is 0 Å². The van der Waals surface area contributed by atoms with E-state index in [0.29, 0.717) is 16.9 Å². The fourth-order valence-corrected chi connectivity index (χ4v) is 9.22. The maximum atomic E-state index is 13.5. The summed E-state index contributed by atoms with van der Waals surface area (Å²) < 4.78 is 3.45. The Balaban J connectivity index is 0.000000268. The first-order valence-electron chi connectivity index (χ1n) is 28.7. The van der Waals surface area contributed by atoms with Crippen LogP contribution in [0.4, 0.5) is 11.4 Å². The predicted octanol–water partition coefficient (Wildman–Crippen LogP) is 17.0. The Labute approximate surface area is 485 Å². The van der Waals surface area contributed by atoms with Crippen LogP contribution in [0.5, 0.6) is 0 Å². The summed E-state index contributed by atoms with van der Waals surface area (Å²) in [6.07, 6.45) is 5.19. The van der Waals surface area contributed by atoms with Gasteiger partial charge in [-0.3, -0.25) is 38.3 Å². The highest BCUT2D eigenvalue weighted by molar-refractivity contribution is 6.08. The van der Waals surface area contributed by atoms with Crippen molar-refractivity contribution in [2.45, 2.75) is 110 Å². The highest BCUT2D eigenvalue weighted by Crippen LogP contribution is 2.32. The maximum absolute atomic E-state index is 13.5. The lowest BCUT2D eigenvalue weighted by Gasteiger charge is -2.23. The zero-order valence-electron chi connectivity index (χ0n) is 51.1. The second kappa shape index (κ2) is 30.5. The molecule has 0 radical (unpaired) electrons. The molecule has 6 aromatic carbocycles. The van der Waals surface area contributed by atoms with Gasteiger partial charge in [0, 0.05) is 82.7 Å². The molecule has 10 rings (SSSR count). The molecule has 0 fully saturated rings. The van der Waals surface area contributed by atoms with E-state index in [4.69, 9.17) is 0 Å². The molecule has 82 heavy (non-hydrogen) atoms. The fourth-order valence-electron chi connectivity index (χ4n) is 9.22. The largest absolute Gasteiger partial charge is 0.312 e. The molecule has 10 aromatic rings. The predicted molar refractivity (Wildman–Crippen MR) is 348 cm³/mol. The lowest BCUT2D eigenvalue weighted by atomic mass is 10.0. The highest BCUT2D eigenvalue weighted by Gasteiger charge is 2.21. The smallest absolute Gasteiger partial charge is 0.255 e. The third kappa shape index (κ3) is 14.7. The number of rotatable bonds is 10. The van der Waals surface area contributed by atoms with Crippen molar-refractivity contribution in [2.75, 3.05) is 23.9 Å². The minimum absolute atomic E-state index is 0.0434. The van der Waals surface area contributed by atoms with Crippen LogP contribution in [0, 0.1) is 0 Å². The average molecular weight is 1100 g/mol. The van der Waals surface area contributed by atoms with Gasteiger partial charge in [-0.2, -0.15) is 0 Å². The number of para-hydroxylation sites is 2. The van der Waals surface area contributed by atoms with Crippen molar-refractivity contribution in [3.8, 4) is 11.4 Å². The molecule has 10 heteroatoms. The van der Waals surface area contributed by atoms with Crippen molar-refractivity contribution in [2.24, 2.45) is 0 Å². The number of aromatic nitrogens is 4. The SMILES string of the molecule is CC.CC.CC.CC.CC(C)=C(C)C(=O)N(C)c1ccc(-n2c(=O)ccc3cnc4ccc(Cc5ccccc5)cc4c32)cc1.CC(C)=C(C)C(=O)N(C)c1ccccc1-n1c(=O)ccc2cnc3ccc(Cc4ccccc4)cc3c21. The number of benzene rings is 6. The number of anilines is 2. The minimum Gasteiger partial charge on any atom is -0.312 e. The average Bonchev–Trinajstić information content (AvgIpc) is 3.72. The van der Waals surface area contributed by atoms with Gasteiger partial charge < -0.3 is 9.80 Å². The quantitative estimate of drug-likeness (QED) is 0.0996. The van der Waals surface area contributed by atoms with E-state index >= 15 is 0 Å². The van der Waals surface area contributed by atoms with Crippen molar-refractivity contribution in [3.63, 3.8) is 0 Å². The topological polar surface area (TPSA) is 110 Å². The molecule has 0 unspecified atom stereocenters. The molecule has 0 aliphatic heterocycles. The summed E-state index contributed by atoms with van der Waals surface area (Å²) in [7, 11) is 3.52. The number of carbonyl (C=O) groups is 2. The zero-order valence-corrected chi connectivity index (χ0v) is 51.1. The van der Waals surface area contributed by atoms with E-state index in [1.165, 1.54) is 11.1 Å². The number of allylic oxidation sites excluding steroid dienone is 2. The van der Waals surface area contributed by atoms with E-state index in [1.807, 2.05) is 212 Å². The van der Waals surface area contributed by atoms with Crippen LogP contribution < -0.4 is 20.9 Å². The van der Waals surface area contributed by atoms with Crippen LogP contribution in [-0.4, -0.2) is 45.0 Å². The Kier molecular flexibility index (Phi) is 23.8. The summed E-state index contributed by atoms with van der Waals surface area (Å²) in [5.74, 6) is -0.143. The van der Waals surface area contributed by atoms with Gasteiger partial charge in [0.25, 0.3) is 22.9 Å². The van der Waals surface area contributed by atoms with Gasteiger partial charge >= 0.3 is 0 Å². The summed E-state index contributed by atoms with van der Waals surface area (Å²) in [5.41, 5.74) is 13.9. The summed E-state index contributed by atoms with van der Waals surface area (Å²) in [6, 6.07) is 54.9. The van der Waals surface area contributed by atoms with Crippen molar-refractivity contribution in [1.82, 2.24) is 19.1 Å². The molecule has 0 aliphatic rings. The molecular formula is C72H82N6O4. The molecule has 0 saturated carbocycles. The molecule has 4 heterocycles. The minimum atomic E-state index is -0.166. The molecule has 4 aromatic heterocycles. The molecule has 0 aliphatic carbocycles. The number of nitrogens with zero attached hydrogens (tertiary/aromatic N) is 6. The summed E-state index contributed by atoms with van der Waals surface area (Å²) in [4.78, 5) is 65.2. The molecule has 0 saturated heterocycles. The van der Waals surface area contributed by atoms with Crippen molar-refractivity contribution >= 4 is 66.8 Å². The highest BCUT2D eigenvalue weighted by atomic mass is 16.2. The Morgan fingerprint density at radius 3 is 1.28 bits per heavy atom. The van der Waals surface area contributed by atoms with E-state index in [9.17, 15) is 19.2 Å². The van der Waals surface area contributed by atoms with Crippen LogP contribution >= 0.6 is 0 Å². The number of fused-ring (bicyclic) bond motifs is 6. The Morgan fingerprint density at radius 2 is 0.829 bits per heavy atom. The lowest BCUT2D eigenvalue weighted by Crippen LogP contribution is -2.29. The molecule has 0 atom stereocenters. The van der Waals surface area contributed by atoms with Gasteiger partial charge in [0.05, 0.1) is 33.4 Å². The van der Waals surface area contributed by atoms with Crippen molar-refractivity contribution in [1.29, 1.82) is 0 Å². The van der Waals surface area contributed by atoms with Crippen LogP contribution in [0.2, 0.25) is 0 Å².